The molecule has 6 aromatic rings. The monoisotopic (exact) mass is 642 g/mol. The van der Waals surface area contributed by atoms with E-state index in [1.807, 2.05) is 39.5 Å². The van der Waals surface area contributed by atoms with E-state index in [1.54, 1.807) is 37.4 Å². The number of nitrogens with one attached hydrogen (secondary N) is 1. The summed E-state index contributed by atoms with van der Waals surface area (Å²) < 4.78 is 49.5. The first-order valence-electron chi connectivity index (χ1n) is 15.8. The predicted octanol–water partition coefficient (Wildman–Crippen LogP) is 7.06. The molecule has 4 aromatic carbocycles. The lowest BCUT2D eigenvalue weighted by atomic mass is 10.1. The maximum atomic E-state index is 13.7. The van der Waals surface area contributed by atoms with E-state index in [2.05, 4.69) is 41.2 Å². The van der Waals surface area contributed by atoms with Crippen molar-refractivity contribution in [1.29, 1.82) is 0 Å². The summed E-state index contributed by atoms with van der Waals surface area (Å²) in [4.78, 5) is 2.23. The molecule has 0 saturated heterocycles. The van der Waals surface area contributed by atoms with Crippen LogP contribution >= 0.6 is 0 Å². The van der Waals surface area contributed by atoms with Crippen molar-refractivity contribution in [1.82, 2.24) is 19.4 Å². The number of nitrogens with zero attached hydrogens (tertiary/aromatic N) is 3. The van der Waals surface area contributed by atoms with E-state index in [-0.39, 0.29) is 17.5 Å². The number of fused-ring (bicyclic) bond motifs is 6. The van der Waals surface area contributed by atoms with Crippen molar-refractivity contribution in [3.05, 3.63) is 136 Å². The van der Waals surface area contributed by atoms with Crippen molar-refractivity contribution in [2.75, 3.05) is 27.2 Å². The third-order valence-electron chi connectivity index (χ3n) is 8.84. The van der Waals surface area contributed by atoms with E-state index in [0.29, 0.717) is 0 Å². The van der Waals surface area contributed by atoms with Gasteiger partial charge in [0.25, 0.3) is 0 Å². The highest BCUT2D eigenvalue weighted by atomic mass is 19.1. The van der Waals surface area contributed by atoms with Gasteiger partial charge in [-0.2, -0.15) is 0 Å². The normalized spacial score (nSPS) is 13.8. The summed E-state index contributed by atoms with van der Waals surface area (Å²) in [5.74, 6) is 6.37. The van der Waals surface area contributed by atoms with Crippen LogP contribution in [-0.4, -0.2) is 41.3 Å². The second-order valence-electron chi connectivity index (χ2n) is 12.0. The fourth-order valence-corrected chi connectivity index (χ4v) is 6.43. The van der Waals surface area contributed by atoms with Crippen LogP contribution in [-0.2, 0) is 25.9 Å². The number of ether oxygens (including phenoxy) is 1. The van der Waals surface area contributed by atoms with Crippen molar-refractivity contribution in [2.45, 2.75) is 25.9 Å². The van der Waals surface area contributed by atoms with Crippen LogP contribution in [0, 0.1) is 41.4 Å². The average molecular weight is 643 g/mol. The van der Waals surface area contributed by atoms with E-state index in [9.17, 15) is 13.2 Å². The van der Waals surface area contributed by atoms with Gasteiger partial charge in [-0.05, 0) is 115 Å². The molecule has 2 aromatic heterocycles. The number of aromatic nitrogens is 2. The van der Waals surface area contributed by atoms with Crippen LogP contribution in [0.3, 0.4) is 0 Å². The Kier molecular flexibility index (Phi) is 8.69. The molecule has 8 heteroatoms. The van der Waals surface area contributed by atoms with E-state index in [4.69, 9.17) is 4.74 Å². The standard InChI is InChI=1S/C20H16F2N2.C20H17FN2O/c1-23-10-9-20-18(13-23)17-12-16(22)6-7-19(17)24(20)11-8-14-2-4-15(21)5-3-14;1-24-16-5-2-14(3-6-16)9-11-23-19-7-4-15(21)12-17(19)18-13-22-10-8-20(18)23/h2-7,12H,9-10,13H2,1H3;2-7,12,22H,8,10,13H2,1H3. The minimum atomic E-state index is -0.275. The number of benzene rings is 4. The van der Waals surface area contributed by atoms with Gasteiger partial charge in [0, 0.05) is 84.4 Å². The quantitative estimate of drug-likeness (QED) is 0.195. The molecule has 1 N–H and O–H groups in total. The molecule has 0 radical (unpaired) electrons. The van der Waals surface area contributed by atoms with Gasteiger partial charge in [-0.15, -0.1) is 0 Å². The van der Waals surface area contributed by atoms with Gasteiger partial charge in [-0.1, -0.05) is 0 Å². The Labute approximate surface area is 277 Å². The SMILES string of the molecule is CN1CCc2c(c3cc(F)ccc3n2C#Cc2ccc(F)cc2)C1.COc1ccc(C#Cn2c3c(c4cc(F)ccc42)CNCC3)cc1. The zero-order chi connectivity index (χ0) is 33.2. The first kappa shape index (κ1) is 31.2. The molecule has 5 nitrogen and oxygen atoms in total. The third-order valence-corrected chi connectivity index (χ3v) is 8.84. The van der Waals surface area contributed by atoms with Crippen LogP contribution in [0.15, 0.2) is 84.9 Å². The molecule has 0 atom stereocenters. The summed E-state index contributed by atoms with van der Waals surface area (Å²) in [6, 6.07) is 29.9. The predicted molar refractivity (Wildman–Crippen MR) is 183 cm³/mol. The Bertz CT molecular complexity index is 2260. The molecule has 0 bridgehead atoms. The summed E-state index contributed by atoms with van der Waals surface area (Å²) in [5, 5.41) is 5.22. The Balaban J connectivity index is 0.000000152. The molecule has 2 aliphatic rings. The Morgan fingerprint density at radius 2 is 1.21 bits per heavy atom. The second-order valence-corrected chi connectivity index (χ2v) is 12.0. The summed E-state index contributed by atoms with van der Waals surface area (Å²) in [6.07, 6.45) is 1.77. The largest absolute Gasteiger partial charge is 0.497 e. The topological polar surface area (TPSA) is 34.4 Å². The van der Waals surface area contributed by atoms with Crippen molar-refractivity contribution in [3.63, 3.8) is 0 Å². The van der Waals surface area contributed by atoms with E-state index in [0.717, 1.165) is 94.5 Å². The lowest BCUT2D eigenvalue weighted by molar-refractivity contribution is 0.311. The first-order valence-corrected chi connectivity index (χ1v) is 15.8. The average Bonchev–Trinajstić information content (AvgIpc) is 3.58. The lowest BCUT2D eigenvalue weighted by Gasteiger charge is -2.23. The highest BCUT2D eigenvalue weighted by Crippen LogP contribution is 2.31. The van der Waals surface area contributed by atoms with Crippen molar-refractivity contribution in [3.8, 4) is 29.7 Å². The van der Waals surface area contributed by atoms with Crippen LogP contribution < -0.4 is 10.1 Å². The highest BCUT2D eigenvalue weighted by Gasteiger charge is 2.22. The highest BCUT2D eigenvalue weighted by molar-refractivity contribution is 5.88. The lowest BCUT2D eigenvalue weighted by Crippen LogP contribution is -2.27. The summed E-state index contributed by atoms with van der Waals surface area (Å²) >= 11 is 0. The Hall–Kier alpha value is -5.41. The Morgan fingerprint density at radius 3 is 1.81 bits per heavy atom. The first-order chi connectivity index (χ1) is 23.4. The zero-order valence-corrected chi connectivity index (χ0v) is 26.7. The number of rotatable bonds is 1. The van der Waals surface area contributed by atoms with Gasteiger partial charge in [0.2, 0.25) is 0 Å². The van der Waals surface area contributed by atoms with Gasteiger partial charge in [0.05, 0.1) is 18.1 Å². The zero-order valence-electron chi connectivity index (χ0n) is 26.7. The molecule has 0 aliphatic carbocycles. The molecule has 0 spiro atoms. The molecule has 0 saturated carbocycles. The third kappa shape index (κ3) is 6.29. The van der Waals surface area contributed by atoms with Gasteiger partial charge in [0.1, 0.15) is 23.2 Å². The molecule has 48 heavy (non-hydrogen) atoms. The maximum absolute atomic E-state index is 13.7. The van der Waals surface area contributed by atoms with E-state index < -0.39 is 0 Å². The molecule has 240 valence electrons. The minimum absolute atomic E-state index is 0.212. The van der Waals surface area contributed by atoms with Crippen molar-refractivity contribution in [2.24, 2.45) is 0 Å². The fraction of sp³-hybridized carbons (Fsp3) is 0.200. The van der Waals surface area contributed by atoms with Gasteiger partial charge >= 0.3 is 0 Å². The van der Waals surface area contributed by atoms with Gasteiger partial charge in [0.15, 0.2) is 0 Å². The van der Waals surface area contributed by atoms with Crippen molar-refractivity contribution < 1.29 is 17.9 Å². The van der Waals surface area contributed by atoms with Crippen LogP contribution in [0.25, 0.3) is 21.8 Å². The van der Waals surface area contributed by atoms with Crippen LogP contribution in [0.2, 0.25) is 0 Å². The molecule has 2 aliphatic heterocycles. The number of methoxy groups -OCH3 is 1. The Morgan fingerprint density at radius 1 is 0.667 bits per heavy atom. The molecule has 4 heterocycles. The fourth-order valence-electron chi connectivity index (χ4n) is 6.43. The molecule has 0 unspecified atom stereocenters. The van der Waals surface area contributed by atoms with Crippen LogP contribution in [0.4, 0.5) is 13.2 Å². The van der Waals surface area contributed by atoms with Crippen LogP contribution in [0.1, 0.15) is 33.6 Å². The maximum Gasteiger partial charge on any atom is 0.123 e. The summed E-state index contributed by atoms with van der Waals surface area (Å²) in [6.45, 7) is 3.41. The van der Waals surface area contributed by atoms with E-state index in [1.165, 1.54) is 30.0 Å². The van der Waals surface area contributed by atoms with Gasteiger partial charge < -0.3 is 15.0 Å². The smallest absolute Gasteiger partial charge is 0.123 e. The van der Waals surface area contributed by atoms with E-state index >= 15 is 0 Å². The second kappa shape index (κ2) is 13.4. The van der Waals surface area contributed by atoms with Crippen molar-refractivity contribution >= 4 is 21.8 Å². The minimum Gasteiger partial charge on any atom is -0.497 e. The molecule has 0 amide bonds. The number of hydrogen-bond acceptors (Lipinski definition) is 3. The molecule has 0 fully saturated rings. The van der Waals surface area contributed by atoms with Gasteiger partial charge in [-0.3, -0.25) is 9.13 Å². The summed E-state index contributed by atoms with van der Waals surface area (Å²) in [5.41, 5.74) is 8.17. The number of halogens is 3. The molecule has 8 rings (SSSR count). The summed E-state index contributed by atoms with van der Waals surface area (Å²) in [7, 11) is 3.71. The number of hydrogen-bond donors (Lipinski definition) is 1. The molecular formula is C40H33F3N4O. The van der Waals surface area contributed by atoms with Crippen LogP contribution in [0.5, 0.6) is 5.75 Å². The molecular weight excluding hydrogens is 609 g/mol. The number of likely N-dealkylation sites (N-methyl/N-ethyl adjacent to an activating group) is 1. The van der Waals surface area contributed by atoms with Gasteiger partial charge in [-0.25, -0.2) is 13.2 Å².